The zero-order chi connectivity index (χ0) is 16.4. The van der Waals surface area contributed by atoms with Crippen LogP contribution < -0.4 is 0 Å². The highest BCUT2D eigenvalue weighted by molar-refractivity contribution is 7.89. The number of likely N-dealkylation sites (N-methyl/N-ethyl adjacent to an activating group) is 1. The van der Waals surface area contributed by atoms with Crippen LogP contribution in [-0.2, 0) is 10.0 Å². The van der Waals surface area contributed by atoms with Crippen molar-refractivity contribution >= 4 is 10.0 Å². The van der Waals surface area contributed by atoms with E-state index in [2.05, 4.69) is 0 Å². The summed E-state index contributed by atoms with van der Waals surface area (Å²) in [6, 6.07) is 16.7. The van der Waals surface area contributed by atoms with Gasteiger partial charge in [0.2, 0.25) is 10.0 Å². The van der Waals surface area contributed by atoms with E-state index in [1.807, 2.05) is 42.5 Å². The fourth-order valence-electron chi connectivity index (χ4n) is 2.62. The summed E-state index contributed by atoms with van der Waals surface area (Å²) in [5.41, 5.74) is 2.03. The zero-order valence-corrected chi connectivity index (χ0v) is 13.9. The molecule has 1 N–H and O–H groups in total. The van der Waals surface area contributed by atoms with Gasteiger partial charge in [0.25, 0.3) is 0 Å². The number of aliphatic hydroxyl groups is 1. The van der Waals surface area contributed by atoms with Crippen LogP contribution in [0.5, 0.6) is 0 Å². The third-order valence-electron chi connectivity index (χ3n) is 4.28. The predicted octanol–water partition coefficient (Wildman–Crippen LogP) is 2.75. The molecule has 23 heavy (non-hydrogen) atoms. The highest BCUT2D eigenvalue weighted by atomic mass is 32.2. The topological polar surface area (TPSA) is 57.6 Å². The summed E-state index contributed by atoms with van der Waals surface area (Å²) in [4.78, 5) is 0.252. The third kappa shape index (κ3) is 3.63. The smallest absolute Gasteiger partial charge is 0.242 e. The molecule has 1 aliphatic carbocycles. The minimum absolute atomic E-state index is 0.146. The van der Waals surface area contributed by atoms with Gasteiger partial charge in [-0.3, -0.25) is 0 Å². The molecule has 4 nitrogen and oxygen atoms in total. The Labute approximate surface area is 137 Å². The Morgan fingerprint density at radius 1 is 1.04 bits per heavy atom. The summed E-state index contributed by atoms with van der Waals surface area (Å²) in [5.74, 6) is 0.258. The number of hydrogen-bond acceptors (Lipinski definition) is 3. The maximum atomic E-state index is 12.6. The average molecular weight is 331 g/mol. The fourth-order valence-corrected chi connectivity index (χ4v) is 3.81. The Morgan fingerprint density at radius 3 is 2.17 bits per heavy atom. The van der Waals surface area contributed by atoms with Crippen LogP contribution in [0.4, 0.5) is 0 Å². The maximum absolute atomic E-state index is 12.6. The van der Waals surface area contributed by atoms with Crippen molar-refractivity contribution in [3.63, 3.8) is 0 Å². The van der Waals surface area contributed by atoms with Crippen molar-refractivity contribution in [2.45, 2.75) is 23.8 Å². The minimum atomic E-state index is -3.57. The Bertz CT molecular complexity index is 753. The summed E-state index contributed by atoms with van der Waals surface area (Å²) in [6.45, 7) is 0.146. The lowest BCUT2D eigenvalue weighted by molar-refractivity contribution is 0.131. The van der Waals surface area contributed by atoms with Gasteiger partial charge in [0.15, 0.2) is 0 Å². The summed E-state index contributed by atoms with van der Waals surface area (Å²) >= 11 is 0. The molecule has 0 amide bonds. The molecule has 1 saturated carbocycles. The third-order valence-corrected chi connectivity index (χ3v) is 6.12. The zero-order valence-electron chi connectivity index (χ0n) is 13.1. The number of nitrogens with zero attached hydrogens (tertiary/aromatic N) is 1. The molecule has 0 aromatic heterocycles. The summed E-state index contributed by atoms with van der Waals surface area (Å²) in [5, 5.41) is 9.96. The number of aliphatic hydroxyl groups excluding tert-OH is 1. The first-order valence-corrected chi connectivity index (χ1v) is 9.22. The Balaban J connectivity index is 1.77. The van der Waals surface area contributed by atoms with Gasteiger partial charge in [-0.25, -0.2) is 8.42 Å². The van der Waals surface area contributed by atoms with Crippen molar-refractivity contribution in [3.8, 4) is 11.1 Å². The monoisotopic (exact) mass is 331 g/mol. The van der Waals surface area contributed by atoms with Crippen LogP contribution in [0.1, 0.15) is 12.8 Å². The van der Waals surface area contributed by atoms with Gasteiger partial charge >= 0.3 is 0 Å². The Kier molecular flexibility index (Phi) is 4.53. The van der Waals surface area contributed by atoms with Crippen molar-refractivity contribution in [1.29, 1.82) is 0 Å². The average Bonchev–Trinajstić information content (AvgIpc) is 3.40. The van der Waals surface area contributed by atoms with Crippen LogP contribution >= 0.6 is 0 Å². The first-order chi connectivity index (χ1) is 11.0. The van der Waals surface area contributed by atoms with E-state index >= 15 is 0 Å². The van der Waals surface area contributed by atoms with E-state index in [1.165, 1.54) is 11.4 Å². The molecule has 0 heterocycles. The quantitative estimate of drug-likeness (QED) is 0.885. The van der Waals surface area contributed by atoms with E-state index in [9.17, 15) is 13.5 Å². The first kappa shape index (κ1) is 16.2. The molecule has 2 aromatic carbocycles. The van der Waals surface area contributed by atoms with E-state index in [0.29, 0.717) is 0 Å². The maximum Gasteiger partial charge on any atom is 0.242 e. The lowest BCUT2D eigenvalue weighted by Gasteiger charge is -2.20. The molecule has 1 atom stereocenters. The lowest BCUT2D eigenvalue weighted by atomic mass is 10.1. The van der Waals surface area contributed by atoms with Gasteiger partial charge in [-0.15, -0.1) is 0 Å². The molecule has 0 saturated heterocycles. The number of sulfonamides is 1. The van der Waals surface area contributed by atoms with Crippen LogP contribution in [0.25, 0.3) is 11.1 Å². The van der Waals surface area contributed by atoms with Crippen molar-refractivity contribution in [2.24, 2.45) is 5.92 Å². The molecule has 2 aromatic rings. The number of rotatable bonds is 6. The molecule has 0 aliphatic heterocycles. The van der Waals surface area contributed by atoms with Crippen LogP contribution in [0.15, 0.2) is 59.5 Å². The highest BCUT2D eigenvalue weighted by Crippen LogP contribution is 2.33. The molecule has 0 spiro atoms. The second-order valence-corrected chi connectivity index (χ2v) is 8.13. The number of hydrogen-bond donors (Lipinski definition) is 1. The predicted molar refractivity (Wildman–Crippen MR) is 90.4 cm³/mol. The normalized spacial score (nSPS) is 16.5. The van der Waals surface area contributed by atoms with Gasteiger partial charge < -0.3 is 5.11 Å². The van der Waals surface area contributed by atoms with Gasteiger partial charge in [-0.05, 0) is 42.0 Å². The summed E-state index contributed by atoms with van der Waals surface area (Å²) in [7, 11) is -2.05. The molecule has 0 bridgehead atoms. The van der Waals surface area contributed by atoms with Gasteiger partial charge in [0.05, 0.1) is 11.0 Å². The van der Waals surface area contributed by atoms with Crippen LogP contribution in [0.2, 0.25) is 0 Å². The van der Waals surface area contributed by atoms with E-state index < -0.39 is 16.1 Å². The number of benzene rings is 2. The van der Waals surface area contributed by atoms with Crippen LogP contribution in [-0.4, -0.2) is 37.5 Å². The van der Waals surface area contributed by atoms with E-state index in [-0.39, 0.29) is 17.4 Å². The Morgan fingerprint density at radius 2 is 1.61 bits per heavy atom. The Hall–Kier alpha value is -1.69. The van der Waals surface area contributed by atoms with Crippen molar-refractivity contribution < 1.29 is 13.5 Å². The second-order valence-electron chi connectivity index (χ2n) is 6.08. The molecule has 1 unspecified atom stereocenters. The second kappa shape index (κ2) is 6.43. The molecule has 1 fully saturated rings. The van der Waals surface area contributed by atoms with Crippen molar-refractivity contribution in [2.75, 3.05) is 13.6 Å². The van der Waals surface area contributed by atoms with E-state index in [1.54, 1.807) is 12.1 Å². The largest absolute Gasteiger partial charge is 0.391 e. The molecule has 1 aliphatic rings. The van der Waals surface area contributed by atoms with E-state index in [0.717, 1.165) is 24.0 Å². The van der Waals surface area contributed by atoms with Crippen LogP contribution in [0.3, 0.4) is 0 Å². The SMILES string of the molecule is CN(CC(O)C1CC1)S(=O)(=O)c1ccc(-c2ccccc2)cc1. The van der Waals surface area contributed by atoms with Gasteiger partial charge in [-0.2, -0.15) is 4.31 Å². The lowest BCUT2D eigenvalue weighted by Crippen LogP contribution is -2.35. The van der Waals surface area contributed by atoms with E-state index in [4.69, 9.17) is 0 Å². The van der Waals surface area contributed by atoms with Gasteiger partial charge in [0, 0.05) is 13.6 Å². The molecular formula is C18H21NO3S. The standard InChI is InChI=1S/C18H21NO3S/c1-19(13-18(20)16-7-8-16)23(21,22)17-11-9-15(10-12-17)14-5-3-2-4-6-14/h2-6,9-12,16,18,20H,7-8,13H2,1H3. The van der Waals surface area contributed by atoms with Crippen LogP contribution in [0, 0.1) is 5.92 Å². The van der Waals surface area contributed by atoms with Crippen molar-refractivity contribution in [3.05, 3.63) is 54.6 Å². The minimum Gasteiger partial charge on any atom is -0.391 e. The first-order valence-electron chi connectivity index (χ1n) is 7.78. The molecule has 3 rings (SSSR count). The highest BCUT2D eigenvalue weighted by Gasteiger charge is 2.33. The molecule has 0 radical (unpaired) electrons. The van der Waals surface area contributed by atoms with Gasteiger partial charge in [-0.1, -0.05) is 42.5 Å². The summed E-state index contributed by atoms with van der Waals surface area (Å²) in [6.07, 6.45) is 1.40. The molecule has 122 valence electrons. The van der Waals surface area contributed by atoms with Gasteiger partial charge in [0.1, 0.15) is 0 Å². The molecular weight excluding hydrogens is 310 g/mol. The summed E-state index contributed by atoms with van der Waals surface area (Å²) < 4.78 is 26.4. The molecule has 5 heteroatoms. The van der Waals surface area contributed by atoms with Crippen molar-refractivity contribution in [1.82, 2.24) is 4.31 Å². The fraction of sp³-hybridized carbons (Fsp3) is 0.333.